The maximum atomic E-state index is 13.4. The van der Waals surface area contributed by atoms with Gasteiger partial charge in [0.1, 0.15) is 11.8 Å². The van der Waals surface area contributed by atoms with Crippen LogP contribution in [0.2, 0.25) is 0 Å². The lowest BCUT2D eigenvalue weighted by Crippen LogP contribution is -2.31. The maximum Gasteiger partial charge on any atom is 0.255 e. The standard InChI is InChI=1S/C24H28N6O2/c1-15(2)12-13-32-20-10-8-18(9-11-20)22-21(17(4)25-24-27-28-29-30(22)24)23(31)26-19-7-5-6-16(3)14-19/h5-11,14-15,22H,12-13H2,1-4H3,(H,26,31)(H,25,27,29). The molecule has 1 aliphatic rings. The van der Waals surface area contributed by atoms with Crippen molar-refractivity contribution in [2.75, 3.05) is 17.2 Å². The SMILES string of the molecule is CC1=C(C(=O)Nc2cccc(C)c2)C(c2ccc(OCCC(C)C)cc2)n2nnnc2N1. The van der Waals surface area contributed by atoms with Gasteiger partial charge in [0.2, 0.25) is 5.95 Å². The van der Waals surface area contributed by atoms with Gasteiger partial charge in [0.15, 0.2) is 0 Å². The Hall–Kier alpha value is -3.68. The van der Waals surface area contributed by atoms with Gasteiger partial charge in [0, 0.05) is 11.4 Å². The molecular formula is C24H28N6O2. The van der Waals surface area contributed by atoms with Crippen molar-refractivity contribution in [2.24, 2.45) is 5.92 Å². The summed E-state index contributed by atoms with van der Waals surface area (Å²) >= 11 is 0. The lowest BCUT2D eigenvalue weighted by atomic mass is 9.95. The third-order valence-electron chi connectivity index (χ3n) is 5.39. The number of rotatable bonds is 7. The van der Waals surface area contributed by atoms with Crippen LogP contribution in [0.1, 0.15) is 44.4 Å². The van der Waals surface area contributed by atoms with Crippen LogP contribution in [-0.4, -0.2) is 32.7 Å². The number of nitrogens with one attached hydrogen (secondary N) is 2. The Labute approximate surface area is 187 Å². The minimum atomic E-state index is -0.462. The van der Waals surface area contributed by atoms with E-state index in [2.05, 4.69) is 40.0 Å². The number of ether oxygens (including phenoxy) is 1. The molecule has 0 radical (unpaired) electrons. The first kappa shape index (κ1) is 21.5. The molecule has 2 aromatic carbocycles. The first-order valence-electron chi connectivity index (χ1n) is 10.8. The van der Waals surface area contributed by atoms with Crippen molar-refractivity contribution < 1.29 is 9.53 Å². The number of aryl methyl sites for hydroxylation is 1. The molecule has 1 aromatic heterocycles. The maximum absolute atomic E-state index is 13.4. The van der Waals surface area contributed by atoms with Crippen LogP contribution < -0.4 is 15.4 Å². The van der Waals surface area contributed by atoms with E-state index in [9.17, 15) is 4.79 Å². The fraction of sp³-hybridized carbons (Fsp3) is 0.333. The van der Waals surface area contributed by atoms with E-state index in [-0.39, 0.29) is 5.91 Å². The number of fused-ring (bicyclic) bond motifs is 1. The number of carbonyl (C=O) groups excluding carboxylic acids is 1. The topological polar surface area (TPSA) is 94.0 Å². The molecule has 8 heteroatoms. The number of hydrogen-bond donors (Lipinski definition) is 2. The number of benzene rings is 2. The Morgan fingerprint density at radius 3 is 2.69 bits per heavy atom. The molecular weight excluding hydrogens is 404 g/mol. The zero-order valence-corrected chi connectivity index (χ0v) is 18.8. The molecule has 1 unspecified atom stereocenters. The van der Waals surface area contributed by atoms with Gasteiger partial charge < -0.3 is 15.4 Å². The molecule has 0 bridgehead atoms. The Morgan fingerprint density at radius 2 is 1.97 bits per heavy atom. The van der Waals surface area contributed by atoms with Crippen molar-refractivity contribution in [3.05, 3.63) is 70.9 Å². The van der Waals surface area contributed by atoms with E-state index in [0.29, 0.717) is 29.7 Å². The number of anilines is 2. The molecule has 32 heavy (non-hydrogen) atoms. The minimum absolute atomic E-state index is 0.205. The summed E-state index contributed by atoms with van der Waals surface area (Å²) in [6.07, 6.45) is 0.995. The third kappa shape index (κ3) is 4.64. The second-order valence-corrected chi connectivity index (χ2v) is 8.44. The summed E-state index contributed by atoms with van der Waals surface area (Å²) < 4.78 is 7.48. The summed E-state index contributed by atoms with van der Waals surface area (Å²) in [5, 5.41) is 18.1. The van der Waals surface area contributed by atoms with Gasteiger partial charge in [-0.25, -0.2) is 0 Å². The van der Waals surface area contributed by atoms with Crippen molar-refractivity contribution in [2.45, 2.75) is 40.2 Å². The van der Waals surface area contributed by atoms with E-state index in [4.69, 9.17) is 4.74 Å². The number of allylic oxidation sites excluding steroid dienone is 1. The first-order valence-corrected chi connectivity index (χ1v) is 10.8. The van der Waals surface area contributed by atoms with Crippen LogP contribution in [0.5, 0.6) is 5.75 Å². The molecule has 1 atom stereocenters. The lowest BCUT2D eigenvalue weighted by Gasteiger charge is -2.28. The first-order chi connectivity index (χ1) is 15.4. The van der Waals surface area contributed by atoms with Gasteiger partial charge in [0.25, 0.3) is 5.91 Å². The van der Waals surface area contributed by atoms with Gasteiger partial charge in [-0.3, -0.25) is 4.79 Å². The normalized spacial score (nSPS) is 15.3. The smallest absolute Gasteiger partial charge is 0.255 e. The van der Waals surface area contributed by atoms with Crippen molar-refractivity contribution >= 4 is 17.5 Å². The average Bonchev–Trinajstić information content (AvgIpc) is 3.21. The molecule has 2 N–H and O–H groups in total. The van der Waals surface area contributed by atoms with Crippen molar-refractivity contribution in [1.29, 1.82) is 0 Å². The van der Waals surface area contributed by atoms with E-state index < -0.39 is 6.04 Å². The fourth-order valence-corrected chi connectivity index (χ4v) is 3.69. The molecule has 3 aromatic rings. The van der Waals surface area contributed by atoms with Gasteiger partial charge in [-0.1, -0.05) is 43.2 Å². The average molecular weight is 433 g/mol. The second-order valence-electron chi connectivity index (χ2n) is 8.44. The van der Waals surface area contributed by atoms with Gasteiger partial charge in [-0.15, -0.1) is 0 Å². The van der Waals surface area contributed by atoms with Crippen LogP contribution in [0.3, 0.4) is 0 Å². The highest BCUT2D eigenvalue weighted by Gasteiger charge is 2.34. The summed E-state index contributed by atoms with van der Waals surface area (Å²) in [6.45, 7) is 8.87. The molecule has 0 fully saturated rings. The van der Waals surface area contributed by atoms with Gasteiger partial charge in [-0.05, 0) is 72.0 Å². The molecule has 1 aliphatic heterocycles. The molecule has 2 heterocycles. The van der Waals surface area contributed by atoms with Crippen molar-refractivity contribution in [3.63, 3.8) is 0 Å². The van der Waals surface area contributed by atoms with Gasteiger partial charge in [-0.2, -0.15) is 4.68 Å². The van der Waals surface area contributed by atoms with Crippen LogP contribution in [0.15, 0.2) is 59.8 Å². The summed E-state index contributed by atoms with van der Waals surface area (Å²) in [6, 6.07) is 15.0. The fourth-order valence-electron chi connectivity index (χ4n) is 3.69. The Balaban J connectivity index is 1.62. The molecule has 0 spiro atoms. The van der Waals surface area contributed by atoms with Crippen LogP contribution in [-0.2, 0) is 4.79 Å². The number of hydrogen-bond acceptors (Lipinski definition) is 6. The third-order valence-corrected chi connectivity index (χ3v) is 5.39. The quantitative estimate of drug-likeness (QED) is 0.577. The van der Waals surface area contributed by atoms with Crippen LogP contribution in [0.4, 0.5) is 11.6 Å². The summed E-state index contributed by atoms with van der Waals surface area (Å²) in [5.41, 5.74) is 3.97. The van der Waals surface area contributed by atoms with Crippen LogP contribution in [0.25, 0.3) is 0 Å². The Bertz CT molecular complexity index is 1130. The number of amides is 1. The second kappa shape index (κ2) is 9.21. The largest absolute Gasteiger partial charge is 0.494 e. The van der Waals surface area contributed by atoms with E-state index in [1.54, 1.807) is 4.68 Å². The molecule has 8 nitrogen and oxygen atoms in total. The van der Waals surface area contributed by atoms with Crippen molar-refractivity contribution in [1.82, 2.24) is 20.2 Å². The number of nitrogens with zero attached hydrogens (tertiary/aromatic N) is 4. The Morgan fingerprint density at radius 1 is 1.19 bits per heavy atom. The Kier molecular flexibility index (Phi) is 6.20. The predicted octanol–water partition coefficient (Wildman–Crippen LogP) is 4.33. The molecule has 1 amide bonds. The summed E-state index contributed by atoms with van der Waals surface area (Å²) in [4.78, 5) is 13.4. The highest BCUT2D eigenvalue weighted by molar-refractivity contribution is 6.06. The number of carbonyl (C=O) groups is 1. The molecule has 0 aliphatic carbocycles. The van der Waals surface area contributed by atoms with Crippen LogP contribution in [0, 0.1) is 12.8 Å². The summed E-state index contributed by atoms with van der Waals surface area (Å²) in [5.74, 6) is 1.68. The molecule has 166 valence electrons. The molecule has 0 saturated carbocycles. The highest BCUT2D eigenvalue weighted by Crippen LogP contribution is 2.35. The highest BCUT2D eigenvalue weighted by atomic mass is 16.5. The van der Waals surface area contributed by atoms with Crippen LogP contribution >= 0.6 is 0 Å². The molecule has 4 rings (SSSR count). The molecule has 0 saturated heterocycles. The van der Waals surface area contributed by atoms with Gasteiger partial charge >= 0.3 is 0 Å². The van der Waals surface area contributed by atoms with Gasteiger partial charge in [0.05, 0.1) is 12.2 Å². The zero-order valence-electron chi connectivity index (χ0n) is 18.8. The van der Waals surface area contributed by atoms with E-state index >= 15 is 0 Å². The summed E-state index contributed by atoms with van der Waals surface area (Å²) in [7, 11) is 0. The van der Waals surface area contributed by atoms with E-state index in [0.717, 1.165) is 29.0 Å². The minimum Gasteiger partial charge on any atom is -0.494 e. The predicted molar refractivity (Wildman–Crippen MR) is 123 cm³/mol. The van der Waals surface area contributed by atoms with E-state index in [1.807, 2.05) is 62.4 Å². The van der Waals surface area contributed by atoms with E-state index in [1.165, 1.54) is 0 Å². The number of tetrazole rings is 1. The van der Waals surface area contributed by atoms with Crippen molar-refractivity contribution in [3.8, 4) is 5.75 Å². The number of aromatic nitrogens is 4. The monoisotopic (exact) mass is 432 g/mol. The lowest BCUT2D eigenvalue weighted by molar-refractivity contribution is -0.113. The zero-order chi connectivity index (χ0) is 22.7.